The van der Waals surface area contributed by atoms with Crippen LogP contribution in [0.5, 0.6) is 0 Å². The molecule has 0 fully saturated rings. The normalized spacial score (nSPS) is 13.7. The third-order valence-corrected chi connectivity index (χ3v) is 3.68. The van der Waals surface area contributed by atoms with E-state index in [1.54, 1.807) is 0 Å². The van der Waals surface area contributed by atoms with Crippen LogP contribution < -0.4 is 5.32 Å². The van der Waals surface area contributed by atoms with Crippen LogP contribution in [0.2, 0.25) is 0 Å². The van der Waals surface area contributed by atoms with Crippen molar-refractivity contribution in [3.63, 3.8) is 0 Å². The van der Waals surface area contributed by atoms with Crippen LogP contribution in [0.1, 0.15) is 27.2 Å². The maximum Gasteiger partial charge on any atom is 0.221 e. The number of nitrogens with zero attached hydrogens (tertiary/aromatic N) is 1. The summed E-state index contributed by atoms with van der Waals surface area (Å²) in [5, 5.41) is 2.76. The molecule has 0 saturated heterocycles. The van der Waals surface area contributed by atoms with Gasteiger partial charge in [-0.2, -0.15) is 0 Å². The van der Waals surface area contributed by atoms with Gasteiger partial charge in [-0.3, -0.25) is 9.69 Å². The number of likely N-dealkylation sites (N-methyl/N-ethyl adjacent to an activating group) is 1. The van der Waals surface area contributed by atoms with Gasteiger partial charge in [0.05, 0.1) is 5.75 Å². The Kier molecular flexibility index (Phi) is 7.38. The van der Waals surface area contributed by atoms with Gasteiger partial charge in [0.2, 0.25) is 5.91 Å². The lowest BCUT2D eigenvalue weighted by molar-refractivity contribution is -0.120. The Balaban J connectivity index is 3.91. The van der Waals surface area contributed by atoms with Gasteiger partial charge in [0.25, 0.3) is 0 Å². The summed E-state index contributed by atoms with van der Waals surface area (Å²) in [5.41, 5.74) is 0. The maximum absolute atomic E-state index is 11.4. The highest BCUT2D eigenvalue weighted by Crippen LogP contribution is 1.97. The summed E-state index contributed by atoms with van der Waals surface area (Å²) in [7, 11) is -3.05. The zero-order chi connectivity index (χ0) is 13.5. The Hall–Kier alpha value is -0.620. The fourth-order valence-electron chi connectivity index (χ4n) is 1.60. The second-order valence-corrected chi connectivity index (χ2v) is 6.51. The molecule has 0 spiro atoms. The highest BCUT2D eigenvalue weighted by Gasteiger charge is 2.12. The first-order chi connectivity index (χ1) is 7.80. The Labute approximate surface area is 104 Å². The largest absolute Gasteiger partial charge is 0.355 e. The first kappa shape index (κ1) is 16.4. The van der Waals surface area contributed by atoms with Crippen LogP contribution in [0.4, 0.5) is 0 Å². The van der Waals surface area contributed by atoms with E-state index >= 15 is 0 Å². The number of rotatable bonds is 8. The van der Waals surface area contributed by atoms with Gasteiger partial charge in [0.1, 0.15) is 9.84 Å². The fourth-order valence-corrected chi connectivity index (χ4v) is 2.16. The molecular formula is C11H24N2O3S. The molecule has 0 bridgehead atoms. The van der Waals surface area contributed by atoms with Crippen molar-refractivity contribution < 1.29 is 13.2 Å². The van der Waals surface area contributed by atoms with Gasteiger partial charge in [0.15, 0.2) is 0 Å². The van der Waals surface area contributed by atoms with E-state index < -0.39 is 9.84 Å². The van der Waals surface area contributed by atoms with Gasteiger partial charge in [-0.1, -0.05) is 13.8 Å². The predicted molar refractivity (Wildman–Crippen MR) is 69.7 cm³/mol. The Morgan fingerprint density at radius 3 is 2.24 bits per heavy atom. The molecule has 1 unspecified atom stereocenters. The lowest BCUT2D eigenvalue weighted by Crippen LogP contribution is -2.42. The van der Waals surface area contributed by atoms with E-state index in [0.29, 0.717) is 6.54 Å². The molecule has 1 N–H and O–H groups in total. The zero-order valence-electron chi connectivity index (χ0n) is 11.2. The van der Waals surface area contributed by atoms with Crippen LogP contribution in [-0.2, 0) is 14.6 Å². The first-order valence-corrected chi connectivity index (χ1v) is 8.04. The maximum atomic E-state index is 11.4. The highest BCUT2D eigenvalue weighted by atomic mass is 32.2. The van der Waals surface area contributed by atoms with Crippen molar-refractivity contribution in [2.75, 3.05) is 31.6 Å². The van der Waals surface area contributed by atoms with E-state index in [0.717, 1.165) is 19.3 Å². The smallest absolute Gasteiger partial charge is 0.221 e. The Morgan fingerprint density at radius 1 is 1.29 bits per heavy atom. The van der Waals surface area contributed by atoms with Crippen molar-refractivity contribution >= 4 is 15.7 Å². The number of sulfone groups is 1. The molecular weight excluding hydrogens is 240 g/mol. The molecule has 0 aliphatic rings. The van der Waals surface area contributed by atoms with E-state index in [9.17, 15) is 13.2 Å². The van der Waals surface area contributed by atoms with Gasteiger partial charge in [-0.05, 0) is 20.0 Å². The summed E-state index contributed by atoms with van der Waals surface area (Å²) >= 11 is 0. The minimum atomic E-state index is -3.05. The molecule has 102 valence electrons. The Bertz CT molecular complexity index is 324. The number of nitrogens with one attached hydrogen (secondary N) is 1. The fraction of sp³-hybridized carbons (Fsp3) is 0.909. The van der Waals surface area contributed by atoms with Gasteiger partial charge < -0.3 is 5.32 Å². The number of hydrogen-bond acceptors (Lipinski definition) is 4. The van der Waals surface area contributed by atoms with Gasteiger partial charge in [-0.15, -0.1) is 0 Å². The number of hydrogen-bond donors (Lipinski definition) is 1. The van der Waals surface area contributed by atoms with Crippen LogP contribution in [0.15, 0.2) is 0 Å². The third-order valence-electron chi connectivity index (χ3n) is 2.73. The van der Waals surface area contributed by atoms with Crippen LogP contribution >= 0.6 is 0 Å². The van der Waals surface area contributed by atoms with Crippen LogP contribution in [0.25, 0.3) is 0 Å². The summed E-state index contributed by atoms with van der Waals surface area (Å²) in [6, 6.07) is 0.271. The molecule has 0 aliphatic carbocycles. The van der Waals surface area contributed by atoms with Crippen molar-refractivity contribution in [3.05, 3.63) is 0 Å². The second kappa shape index (κ2) is 7.66. The molecule has 1 atom stereocenters. The molecule has 0 rings (SSSR count). The van der Waals surface area contributed by atoms with Crippen molar-refractivity contribution in [1.82, 2.24) is 10.2 Å². The average Bonchev–Trinajstić information content (AvgIpc) is 2.24. The topological polar surface area (TPSA) is 66.5 Å². The number of carbonyl (C=O) groups is 1. The van der Waals surface area contributed by atoms with Gasteiger partial charge in [-0.25, -0.2) is 8.42 Å². The molecule has 0 aromatic heterocycles. The lowest BCUT2D eigenvalue weighted by Gasteiger charge is -2.26. The molecule has 0 saturated carbocycles. The van der Waals surface area contributed by atoms with E-state index in [1.807, 2.05) is 6.92 Å². The second-order valence-electron chi connectivity index (χ2n) is 4.25. The zero-order valence-corrected chi connectivity index (χ0v) is 12.0. The molecule has 6 heteroatoms. The predicted octanol–water partition coefficient (Wildman–Crippen LogP) is 0.268. The van der Waals surface area contributed by atoms with Crippen molar-refractivity contribution in [1.29, 1.82) is 0 Å². The van der Waals surface area contributed by atoms with E-state index in [-0.39, 0.29) is 24.1 Å². The monoisotopic (exact) mass is 264 g/mol. The molecule has 0 aromatic rings. The molecule has 1 amide bonds. The average molecular weight is 264 g/mol. The lowest BCUT2D eigenvalue weighted by atomic mass is 10.2. The van der Waals surface area contributed by atoms with Crippen LogP contribution in [-0.4, -0.2) is 56.9 Å². The molecule has 0 aromatic carbocycles. The summed E-state index contributed by atoms with van der Waals surface area (Å²) in [6.07, 6.45) is 1.18. The summed E-state index contributed by atoms with van der Waals surface area (Å²) in [4.78, 5) is 13.6. The van der Waals surface area contributed by atoms with Crippen molar-refractivity contribution in [3.8, 4) is 0 Å². The SMILES string of the molecule is CCN(CC)C(C)CNC(=O)CCS(C)(=O)=O. The highest BCUT2D eigenvalue weighted by molar-refractivity contribution is 7.90. The van der Waals surface area contributed by atoms with E-state index in [2.05, 4.69) is 24.1 Å². The third kappa shape index (κ3) is 8.15. The Morgan fingerprint density at radius 2 is 1.82 bits per heavy atom. The molecule has 0 aliphatic heterocycles. The van der Waals surface area contributed by atoms with Crippen LogP contribution in [0.3, 0.4) is 0 Å². The summed E-state index contributed by atoms with van der Waals surface area (Å²) < 4.78 is 21.8. The quantitative estimate of drug-likeness (QED) is 0.683. The van der Waals surface area contributed by atoms with Crippen molar-refractivity contribution in [2.45, 2.75) is 33.2 Å². The molecule has 0 heterocycles. The molecule has 0 radical (unpaired) electrons. The minimum absolute atomic E-state index is 0.0454. The van der Waals surface area contributed by atoms with Crippen LogP contribution in [0, 0.1) is 0 Å². The summed E-state index contributed by atoms with van der Waals surface area (Å²) in [5.74, 6) is -0.284. The van der Waals surface area contributed by atoms with E-state index in [4.69, 9.17) is 0 Å². The van der Waals surface area contributed by atoms with E-state index in [1.165, 1.54) is 0 Å². The van der Waals surface area contributed by atoms with Crippen molar-refractivity contribution in [2.24, 2.45) is 0 Å². The van der Waals surface area contributed by atoms with Gasteiger partial charge in [0, 0.05) is 25.3 Å². The first-order valence-electron chi connectivity index (χ1n) is 5.98. The minimum Gasteiger partial charge on any atom is -0.355 e. The number of amides is 1. The number of carbonyl (C=O) groups excluding carboxylic acids is 1. The molecule has 17 heavy (non-hydrogen) atoms. The summed E-state index contributed by atoms with van der Waals surface area (Å²) in [6.45, 7) is 8.64. The molecule has 5 nitrogen and oxygen atoms in total. The van der Waals surface area contributed by atoms with Gasteiger partial charge >= 0.3 is 0 Å². The standard InChI is InChI=1S/C11H24N2O3S/c1-5-13(6-2)10(3)9-12-11(14)7-8-17(4,15)16/h10H,5-9H2,1-4H3,(H,12,14).